The molecule has 1 aromatic heterocycles. The normalized spacial score (nSPS) is 10.4. The molecule has 138 valence electrons. The SMILES string of the molecule is CC(C)CCNC(=O)C(=O)Nc1ccccc1C(=O)NCc1ccco1. The van der Waals surface area contributed by atoms with Crippen LogP contribution < -0.4 is 16.0 Å². The van der Waals surface area contributed by atoms with Crippen molar-refractivity contribution in [3.8, 4) is 0 Å². The topological polar surface area (TPSA) is 100 Å². The van der Waals surface area contributed by atoms with E-state index in [0.29, 0.717) is 18.2 Å². The largest absolute Gasteiger partial charge is 0.467 e. The second-order valence-electron chi connectivity index (χ2n) is 6.20. The average molecular weight is 357 g/mol. The van der Waals surface area contributed by atoms with Gasteiger partial charge in [0.2, 0.25) is 0 Å². The van der Waals surface area contributed by atoms with Crippen molar-refractivity contribution in [2.24, 2.45) is 5.92 Å². The highest BCUT2D eigenvalue weighted by Crippen LogP contribution is 2.15. The molecule has 0 spiro atoms. The summed E-state index contributed by atoms with van der Waals surface area (Å²) in [6, 6.07) is 9.98. The number of carbonyl (C=O) groups is 3. The van der Waals surface area contributed by atoms with Gasteiger partial charge in [-0.05, 0) is 36.6 Å². The lowest BCUT2D eigenvalue weighted by atomic mass is 10.1. The third-order valence-corrected chi connectivity index (χ3v) is 3.64. The van der Waals surface area contributed by atoms with Crippen LogP contribution >= 0.6 is 0 Å². The molecule has 0 atom stereocenters. The molecule has 1 aromatic carbocycles. The highest BCUT2D eigenvalue weighted by atomic mass is 16.3. The summed E-state index contributed by atoms with van der Waals surface area (Å²) in [5.41, 5.74) is 0.538. The molecule has 0 unspecified atom stereocenters. The second kappa shape index (κ2) is 9.41. The van der Waals surface area contributed by atoms with E-state index in [-0.39, 0.29) is 23.7 Å². The van der Waals surface area contributed by atoms with Gasteiger partial charge < -0.3 is 20.4 Å². The van der Waals surface area contributed by atoms with Crippen LogP contribution in [0.15, 0.2) is 47.1 Å². The molecule has 1 heterocycles. The summed E-state index contributed by atoms with van der Waals surface area (Å²) in [5, 5.41) is 7.76. The van der Waals surface area contributed by atoms with E-state index < -0.39 is 11.8 Å². The zero-order chi connectivity index (χ0) is 18.9. The lowest BCUT2D eigenvalue weighted by molar-refractivity contribution is -0.136. The van der Waals surface area contributed by atoms with Gasteiger partial charge in [0.1, 0.15) is 5.76 Å². The molecule has 0 radical (unpaired) electrons. The molecule has 0 aliphatic carbocycles. The van der Waals surface area contributed by atoms with Crippen LogP contribution in [0, 0.1) is 5.92 Å². The van der Waals surface area contributed by atoms with Crippen molar-refractivity contribution in [2.45, 2.75) is 26.8 Å². The molecule has 0 aliphatic heterocycles. The first kappa shape index (κ1) is 19.2. The molecule has 7 nitrogen and oxygen atoms in total. The van der Waals surface area contributed by atoms with Crippen molar-refractivity contribution < 1.29 is 18.8 Å². The van der Waals surface area contributed by atoms with E-state index >= 15 is 0 Å². The van der Waals surface area contributed by atoms with Crippen LogP contribution in [0.25, 0.3) is 0 Å². The number of amides is 3. The van der Waals surface area contributed by atoms with Gasteiger partial charge in [0, 0.05) is 6.54 Å². The van der Waals surface area contributed by atoms with Crippen molar-refractivity contribution in [1.82, 2.24) is 10.6 Å². The first-order valence-corrected chi connectivity index (χ1v) is 8.46. The second-order valence-corrected chi connectivity index (χ2v) is 6.20. The van der Waals surface area contributed by atoms with Crippen molar-refractivity contribution in [1.29, 1.82) is 0 Å². The zero-order valence-corrected chi connectivity index (χ0v) is 14.9. The van der Waals surface area contributed by atoms with Crippen LogP contribution in [-0.2, 0) is 16.1 Å². The number of hydrogen-bond donors (Lipinski definition) is 3. The van der Waals surface area contributed by atoms with Crippen LogP contribution in [-0.4, -0.2) is 24.3 Å². The predicted molar refractivity (Wildman–Crippen MR) is 97.4 cm³/mol. The van der Waals surface area contributed by atoms with Crippen LogP contribution in [0.5, 0.6) is 0 Å². The molecular weight excluding hydrogens is 334 g/mol. The molecule has 3 N–H and O–H groups in total. The van der Waals surface area contributed by atoms with Gasteiger partial charge in [-0.1, -0.05) is 26.0 Å². The molecule has 0 aliphatic rings. The minimum Gasteiger partial charge on any atom is -0.467 e. The minimum absolute atomic E-state index is 0.226. The first-order valence-electron chi connectivity index (χ1n) is 8.46. The lowest BCUT2D eigenvalue weighted by Gasteiger charge is -2.11. The standard InChI is InChI=1S/C19H23N3O4/c1-13(2)9-10-20-18(24)19(25)22-16-8-4-3-7-15(16)17(23)21-12-14-6-5-11-26-14/h3-8,11,13H,9-10,12H2,1-2H3,(H,20,24)(H,21,23)(H,22,25). The van der Waals surface area contributed by atoms with E-state index in [1.807, 2.05) is 13.8 Å². The van der Waals surface area contributed by atoms with Gasteiger partial charge in [0.25, 0.3) is 5.91 Å². The maximum Gasteiger partial charge on any atom is 0.313 e. The Bertz CT molecular complexity index is 754. The van der Waals surface area contributed by atoms with Crippen LogP contribution in [0.1, 0.15) is 36.4 Å². The van der Waals surface area contributed by atoms with E-state index in [0.717, 1.165) is 6.42 Å². The molecule has 7 heteroatoms. The van der Waals surface area contributed by atoms with Crippen molar-refractivity contribution in [3.05, 3.63) is 54.0 Å². The number of para-hydroxylation sites is 1. The highest BCUT2D eigenvalue weighted by Gasteiger charge is 2.17. The number of benzene rings is 1. The Kier molecular flexibility index (Phi) is 6.96. The fraction of sp³-hybridized carbons (Fsp3) is 0.316. The summed E-state index contributed by atoms with van der Waals surface area (Å²) >= 11 is 0. The number of carbonyl (C=O) groups excluding carboxylic acids is 3. The van der Waals surface area contributed by atoms with Gasteiger partial charge in [-0.25, -0.2) is 0 Å². The molecule has 0 fully saturated rings. The van der Waals surface area contributed by atoms with Gasteiger partial charge >= 0.3 is 11.8 Å². The minimum atomic E-state index is -0.806. The Morgan fingerprint density at radius 3 is 2.46 bits per heavy atom. The summed E-state index contributed by atoms with van der Waals surface area (Å²) in [5.74, 6) is -0.865. The number of anilines is 1. The third-order valence-electron chi connectivity index (χ3n) is 3.64. The van der Waals surface area contributed by atoms with E-state index in [9.17, 15) is 14.4 Å². The molecular formula is C19H23N3O4. The summed E-state index contributed by atoms with van der Waals surface area (Å²) in [7, 11) is 0. The Morgan fingerprint density at radius 2 is 1.77 bits per heavy atom. The van der Waals surface area contributed by atoms with Gasteiger partial charge in [-0.15, -0.1) is 0 Å². The van der Waals surface area contributed by atoms with Crippen LogP contribution in [0.3, 0.4) is 0 Å². The number of hydrogen-bond acceptors (Lipinski definition) is 4. The van der Waals surface area contributed by atoms with Gasteiger partial charge in [-0.2, -0.15) is 0 Å². The Hall–Kier alpha value is -3.09. The molecule has 2 aromatic rings. The van der Waals surface area contributed by atoms with E-state index in [1.165, 1.54) is 6.26 Å². The summed E-state index contributed by atoms with van der Waals surface area (Å²) in [6.07, 6.45) is 2.30. The molecule has 0 saturated heterocycles. The van der Waals surface area contributed by atoms with Crippen molar-refractivity contribution in [3.63, 3.8) is 0 Å². The van der Waals surface area contributed by atoms with Crippen molar-refractivity contribution in [2.75, 3.05) is 11.9 Å². The smallest absolute Gasteiger partial charge is 0.313 e. The van der Waals surface area contributed by atoms with Gasteiger partial charge in [-0.3, -0.25) is 14.4 Å². The van der Waals surface area contributed by atoms with Crippen LogP contribution in [0.4, 0.5) is 5.69 Å². The maximum atomic E-state index is 12.4. The summed E-state index contributed by atoms with van der Waals surface area (Å²) < 4.78 is 5.16. The van der Waals surface area contributed by atoms with Crippen LogP contribution in [0.2, 0.25) is 0 Å². The average Bonchev–Trinajstić information content (AvgIpc) is 3.13. The Balaban J connectivity index is 1.95. The summed E-state index contributed by atoms with van der Waals surface area (Å²) in [4.78, 5) is 36.2. The number of rotatable bonds is 7. The molecule has 2 rings (SSSR count). The first-order chi connectivity index (χ1) is 12.5. The number of furan rings is 1. The van der Waals surface area contributed by atoms with E-state index in [4.69, 9.17) is 4.42 Å². The molecule has 0 bridgehead atoms. The molecule has 3 amide bonds. The van der Waals surface area contributed by atoms with Gasteiger partial charge in [0.15, 0.2) is 0 Å². The predicted octanol–water partition coefficient (Wildman–Crippen LogP) is 2.31. The lowest BCUT2D eigenvalue weighted by Crippen LogP contribution is -2.36. The van der Waals surface area contributed by atoms with Gasteiger partial charge in [0.05, 0.1) is 24.1 Å². The van der Waals surface area contributed by atoms with E-state index in [2.05, 4.69) is 16.0 Å². The highest BCUT2D eigenvalue weighted by molar-refractivity contribution is 6.40. The maximum absolute atomic E-state index is 12.4. The molecule has 0 saturated carbocycles. The fourth-order valence-electron chi connectivity index (χ4n) is 2.20. The quantitative estimate of drug-likeness (QED) is 0.662. The monoisotopic (exact) mass is 357 g/mol. The van der Waals surface area contributed by atoms with Crippen molar-refractivity contribution >= 4 is 23.4 Å². The molecule has 26 heavy (non-hydrogen) atoms. The van der Waals surface area contributed by atoms with E-state index in [1.54, 1.807) is 36.4 Å². The fourth-order valence-corrected chi connectivity index (χ4v) is 2.20. The summed E-state index contributed by atoms with van der Waals surface area (Å²) in [6.45, 7) is 4.71. The number of nitrogens with one attached hydrogen (secondary N) is 3. The zero-order valence-electron chi connectivity index (χ0n) is 14.9. The Morgan fingerprint density at radius 1 is 1.00 bits per heavy atom. The third kappa shape index (κ3) is 5.77. The Labute approximate surface area is 152 Å².